The van der Waals surface area contributed by atoms with Gasteiger partial charge in [-0.3, -0.25) is 0 Å². The number of hydrogen-bond donors (Lipinski definition) is 2. The summed E-state index contributed by atoms with van der Waals surface area (Å²) in [6.45, 7) is 0.284. The minimum absolute atomic E-state index is 0.280. The Labute approximate surface area is 115 Å². The zero-order valence-corrected chi connectivity index (χ0v) is 12.0. The Morgan fingerprint density at radius 1 is 1.11 bits per heavy atom. The first kappa shape index (κ1) is 13.3. The molecule has 18 heavy (non-hydrogen) atoms. The normalized spacial score (nSPS) is 11.6. The standard InChI is InChI=1S/C12H13BrN2O2S/c13-7-10-1-3-12(4-2-10)18(16,17)15-9-11-5-6-14-8-11/h1-6,8,14-15H,7,9H2. The van der Waals surface area contributed by atoms with Crippen molar-refractivity contribution in [3.8, 4) is 0 Å². The smallest absolute Gasteiger partial charge is 0.240 e. The minimum atomic E-state index is -3.44. The van der Waals surface area contributed by atoms with Crippen LogP contribution in [0.2, 0.25) is 0 Å². The first-order valence-corrected chi connectivity index (χ1v) is 7.98. The summed E-state index contributed by atoms with van der Waals surface area (Å²) in [4.78, 5) is 3.16. The number of alkyl halides is 1. The Hall–Kier alpha value is -1.11. The highest BCUT2D eigenvalue weighted by atomic mass is 79.9. The molecule has 6 heteroatoms. The average Bonchev–Trinajstić information content (AvgIpc) is 2.90. The van der Waals surface area contributed by atoms with E-state index in [-0.39, 0.29) is 11.4 Å². The molecule has 96 valence electrons. The molecule has 0 amide bonds. The van der Waals surface area contributed by atoms with Crippen LogP contribution >= 0.6 is 15.9 Å². The van der Waals surface area contributed by atoms with Crippen molar-refractivity contribution in [1.82, 2.24) is 9.71 Å². The highest BCUT2D eigenvalue weighted by molar-refractivity contribution is 9.08. The van der Waals surface area contributed by atoms with E-state index in [2.05, 4.69) is 25.6 Å². The number of halogens is 1. The van der Waals surface area contributed by atoms with Crippen molar-refractivity contribution in [3.63, 3.8) is 0 Å². The summed E-state index contributed by atoms with van der Waals surface area (Å²) >= 11 is 3.32. The van der Waals surface area contributed by atoms with E-state index in [1.807, 2.05) is 6.07 Å². The van der Waals surface area contributed by atoms with Crippen LogP contribution in [0.15, 0.2) is 47.6 Å². The first-order valence-electron chi connectivity index (χ1n) is 5.38. The number of H-pyrrole nitrogens is 1. The van der Waals surface area contributed by atoms with Gasteiger partial charge in [-0.15, -0.1) is 0 Å². The van der Waals surface area contributed by atoms with Gasteiger partial charge in [0, 0.05) is 24.3 Å². The number of nitrogens with one attached hydrogen (secondary N) is 2. The van der Waals surface area contributed by atoms with Crippen molar-refractivity contribution >= 4 is 26.0 Å². The molecule has 0 aliphatic rings. The van der Waals surface area contributed by atoms with Crippen molar-refractivity contribution in [2.45, 2.75) is 16.8 Å². The maximum atomic E-state index is 12.0. The summed E-state index contributed by atoms with van der Waals surface area (Å²) in [6.07, 6.45) is 3.52. The van der Waals surface area contributed by atoms with Crippen LogP contribution in [0.4, 0.5) is 0 Å². The molecule has 0 aliphatic carbocycles. The molecule has 2 aromatic rings. The van der Waals surface area contributed by atoms with E-state index < -0.39 is 10.0 Å². The van der Waals surface area contributed by atoms with Gasteiger partial charge in [0.2, 0.25) is 10.0 Å². The van der Waals surface area contributed by atoms with E-state index in [1.165, 1.54) is 0 Å². The molecule has 1 aromatic carbocycles. The van der Waals surface area contributed by atoms with Crippen molar-refractivity contribution in [3.05, 3.63) is 53.9 Å². The fourth-order valence-electron chi connectivity index (χ4n) is 1.49. The molecule has 1 heterocycles. The van der Waals surface area contributed by atoms with Gasteiger partial charge in [0.25, 0.3) is 0 Å². The molecule has 0 spiro atoms. The molecular weight excluding hydrogens is 316 g/mol. The summed E-state index contributed by atoms with van der Waals surface area (Å²) in [5.41, 5.74) is 1.94. The van der Waals surface area contributed by atoms with Crippen LogP contribution in [0.3, 0.4) is 0 Å². The van der Waals surface area contributed by atoms with Crippen molar-refractivity contribution in [1.29, 1.82) is 0 Å². The van der Waals surface area contributed by atoms with Gasteiger partial charge in [0.15, 0.2) is 0 Å². The van der Waals surface area contributed by atoms with Crippen LogP contribution in [-0.2, 0) is 21.9 Å². The second-order valence-corrected chi connectivity index (χ2v) is 6.15. The Morgan fingerprint density at radius 2 is 1.83 bits per heavy atom. The third kappa shape index (κ3) is 3.22. The number of benzene rings is 1. The maximum Gasteiger partial charge on any atom is 0.240 e. The quantitative estimate of drug-likeness (QED) is 0.828. The molecule has 0 saturated heterocycles. The number of sulfonamides is 1. The lowest BCUT2D eigenvalue weighted by Crippen LogP contribution is -2.22. The Bertz CT molecular complexity index is 592. The van der Waals surface area contributed by atoms with E-state index in [0.717, 1.165) is 11.1 Å². The molecule has 0 saturated carbocycles. The maximum absolute atomic E-state index is 12.0. The molecule has 0 unspecified atom stereocenters. The van der Waals surface area contributed by atoms with Gasteiger partial charge in [0.1, 0.15) is 0 Å². The zero-order chi connectivity index (χ0) is 13.0. The summed E-state index contributed by atoms with van der Waals surface area (Å²) in [6, 6.07) is 8.63. The van der Waals surface area contributed by atoms with Crippen molar-refractivity contribution in [2.75, 3.05) is 0 Å². The average molecular weight is 329 g/mol. The van der Waals surface area contributed by atoms with Crippen LogP contribution in [-0.4, -0.2) is 13.4 Å². The molecule has 0 fully saturated rings. The molecular formula is C12H13BrN2O2S. The number of aromatic amines is 1. The summed E-state index contributed by atoms with van der Waals surface area (Å²) in [5.74, 6) is 0. The van der Waals surface area contributed by atoms with Crippen LogP contribution in [0.5, 0.6) is 0 Å². The van der Waals surface area contributed by atoms with Crippen LogP contribution in [0.25, 0.3) is 0 Å². The van der Waals surface area contributed by atoms with Crippen molar-refractivity contribution in [2.24, 2.45) is 0 Å². The highest BCUT2D eigenvalue weighted by Gasteiger charge is 2.13. The summed E-state index contributed by atoms with van der Waals surface area (Å²) < 4.78 is 26.5. The largest absolute Gasteiger partial charge is 0.367 e. The Kier molecular flexibility index (Phi) is 4.21. The van der Waals surface area contributed by atoms with E-state index in [0.29, 0.717) is 5.33 Å². The van der Waals surface area contributed by atoms with E-state index in [1.54, 1.807) is 36.7 Å². The van der Waals surface area contributed by atoms with Gasteiger partial charge in [-0.05, 0) is 29.3 Å². The monoisotopic (exact) mass is 328 g/mol. The van der Waals surface area contributed by atoms with E-state index >= 15 is 0 Å². The van der Waals surface area contributed by atoms with Gasteiger partial charge in [-0.2, -0.15) is 0 Å². The molecule has 2 rings (SSSR count). The minimum Gasteiger partial charge on any atom is -0.367 e. The summed E-state index contributed by atoms with van der Waals surface area (Å²) in [5, 5.41) is 0.712. The third-order valence-electron chi connectivity index (χ3n) is 2.52. The van der Waals surface area contributed by atoms with Crippen molar-refractivity contribution < 1.29 is 8.42 Å². The van der Waals surface area contributed by atoms with Crippen LogP contribution in [0, 0.1) is 0 Å². The van der Waals surface area contributed by atoms with Gasteiger partial charge >= 0.3 is 0 Å². The zero-order valence-electron chi connectivity index (χ0n) is 9.56. The van der Waals surface area contributed by atoms with Gasteiger partial charge in [-0.25, -0.2) is 13.1 Å². The molecule has 2 N–H and O–H groups in total. The van der Waals surface area contributed by atoms with Gasteiger partial charge in [0.05, 0.1) is 4.90 Å². The lowest BCUT2D eigenvalue weighted by Gasteiger charge is -2.06. The first-order chi connectivity index (χ1) is 8.62. The topological polar surface area (TPSA) is 62.0 Å². The number of aromatic nitrogens is 1. The second-order valence-electron chi connectivity index (χ2n) is 3.82. The lowest BCUT2D eigenvalue weighted by molar-refractivity contribution is 0.581. The second kappa shape index (κ2) is 5.69. The Morgan fingerprint density at radius 3 is 2.39 bits per heavy atom. The van der Waals surface area contributed by atoms with E-state index in [4.69, 9.17) is 0 Å². The number of hydrogen-bond acceptors (Lipinski definition) is 2. The fourth-order valence-corrected chi connectivity index (χ4v) is 2.88. The highest BCUT2D eigenvalue weighted by Crippen LogP contribution is 2.13. The summed E-state index contributed by atoms with van der Waals surface area (Å²) in [7, 11) is -3.44. The molecule has 4 nitrogen and oxygen atoms in total. The van der Waals surface area contributed by atoms with E-state index in [9.17, 15) is 8.42 Å². The lowest BCUT2D eigenvalue weighted by atomic mass is 10.2. The van der Waals surface area contributed by atoms with Crippen LogP contribution < -0.4 is 4.72 Å². The fraction of sp³-hybridized carbons (Fsp3) is 0.167. The Balaban J connectivity index is 2.09. The molecule has 0 aliphatic heterocycles. The molecule has 0 radical (unpaired) electrons. The molecule has 0 atom stereocenters. The molecule has 0 bridgehead atoms. The third-order valence-corrected chi connectivity index (χ3v) is 4.58. The van der Waals surface area contributed by atoms with Crippen LogP contribution in [0.1, 0.15) is 11.1 Å². The van der Waals surface area contributed by atoms with Gasteiger partial charge < -0.3 is 4.98 Å². The predicted molar refractivity (Wildman–Crippen MR) is 73.9 cm³/mol. The van der Waals surface area contributed by atoms with Gasteiger partial charge in [-0.1, -0.05) is 28.1 Å². The number of rotatable bonds is 5. The SMILES string of the molecule is O=S(=O)(NCc1cc[nH]c1)c1ccc(CBr)cc1. The predicted octanol–water partition coefficient (Wildman–Crippen LogP) is 2.39. The molecule has 1 aromatic heterocycles.